The van der Waals surface area contributed by atoms with Gasteiger partial charge in [0.1, 0.15) is 5.58 Å². The van der Waals surface area contributed by atoms with Crippen LogP contribution in [0.5, 0.6) is 0 Å². The summed E-state index contributed by atoms with van der Waals surface area (Å²) in [4.78, 5) is 14.6. The van der Waals surface area contributed by atoms with E-state index in [0.717, 1.165) is 29.4 Å². The molecule has 3 aromatic rings. The highest BCUT2D eigenvalue weighted by Gasteiger charge is 2.20. The SMILES string of the molecule is CN(C)Cc1c(C(=O)NCCCc2ccccc2)oc2ccccc12. The van der Waals surface area contributed by atoms with Crippen molar-refractivity contribution >= 4 is 16.9 Å². The first-order chi connectivity index (χ1) is 12.1. The van der Waals surface area contributed by atoms with E-state index in [4.69, 9.17) is 4.42 Å². The average molecular weight is 336 g/mol. The zero-order chi connectivity index (χ0) is 17.6. The fourth-order valence-corrected chi connectivity index (χ4v) is 2.97. The van der Waals surface area contributed by atoms with Gasteiger partial charge in [-0.3, -0.25) is 4.79 Å². The quantitative estimate of drug-likeness (QED) is 0.667. The molecule has 1 heterocycles. The van der Waals surface area contributed by atoms with Crippen LogP contribution in [0.2, 0.25) is 0 Å². The molecule has 0 aliphatic carbocycles. The van der Waals surface area contributed by atoms with Gasteiger partial charge in [-0.05, 0) is 38.6 Å². The first-order valence-corrected chi connectivity index (χ1v) is 8.62. The summed E-state index contributed by atoms with van der Waals surface area (Å²) in [6.45, 7) is 1.30. The molecule has 4 nitrogen and oxygen atoms in total. The number of hydrogen-bond donors (Lipinski definition) is 1. The average Bonchev–Trinajstić information content (AvgIpc) is 2.98. The summed E-state index contributed by atoms with van der Waals surface area (Å²) in [6.07, 6.45) is 1.85. The molecule has 0 radical (unpaired) electrons. The van der Waals surface area contributed by atoms with Crippen molar-refractivity contribution in [2.75, 3.05) is 20.6 Å². The van der Waals surface area contributed by atoms with Gasteiger partial charge in [0.25, 0.3) is 5.91 Å². The molecular weight excluding hydrogens is 312 g/mol. The fraction of sp³-hybridized carbons (Fsp3) is 0.286. The maximum absolute atomic E-state index is 12.6. The van der Waals surface area contributed by atoms with Gasteiger partial charge >= 0.3 is 0 Å². The second-order valence-electron chi connectivity index (χ2n) is 6.49. The Labute approximate surface area is 148 Å². The maximum Gasteiger partial charge on any atom is 0.287 e. The van der Waals surface area contributed by atoms with E-state index in [1.54, 1.807) is 0 Å². The third-order valence-corrected chi connectivity index (χ3v) is 4.15. The Kier molecular flexibility index (Phi) is 5.51. The van der Waals surface area contributed by atoms with Gasteiger partial charge in [0.15, 0.2) is 5.76 Å². The van der Waals surface area contributed by atoms with Crippen molar-refractivity contribution in [2.24, 2.45) is 0 Å². The molecule has 2 aromatic carbocycles. The molecule has 1 aromatic heterocycles. The number of nitrogens with zero attached hydrogens (tertiary/aromatic N) is 1. The summed E-state index contributed by atoms with van der Waals surface area (Å²) >= 11 is 0. The Balaban J connectivity index is 1.67. The lowest BCUT2D eigenvalue weighted by Crippen LogP contribution is -2.26. The molecular formula is C21H24N2O2. The predicted octanol–water partition coefficient (Wildman–Crippen LogP) is 3.86. The van der Waals surface area contributed by atoms with Gasteiger partial charge in [0.2, 0.25) is 0 Å². The molecule has 0 bridgehead atoms. The zero-order valence-electron chi connectivity index (χ0n) is 14.8. The molecule has 4 heteroatoms. The van der Waals surface area contributed by atoms with Crippen LogP contribution < -0.4 is 5.32 Å². The van der Waals surface area contributed by atoms with Gasteiger partial charge in [-0.1, -0.05) is 48.5 Å². The maximum atomic E-state index is 12.6. The van der Waals surface area contributed by atoms with Crippen LogP contribution in [0.25, 0.3) is 11.0 Å². The predicted molar refractivity (Wildman–Crippen MR) is 101 cm³/mol. The Morgan fingerprint density at radius 3 is 2.52 bits per heavy atom. The Morgan fingerprint density at radius 1 is 1.04 bits per heavy atom. The van der Waals surface area contributed by atoms with E-state index in [1.807, 2.05) is 61.5 Å². The van der Waals surface area contributed by atoms with Crippen molar-refractivity contribution < 1.29 is 9.21 Å². The standard InChI is InChI=1S/C21H24N2O2/c1-23(2)15-18-17-12-6-7-13-19(17)25-20(18)21(24)22-14-8-11-16-9-4-3-5-10-16/h3-7,9-10,12-13H,8,11,14-15H2,1-2H3,(H,22,24). The van der Waals surface area contributed by atoms with Gasteiger partial charge in [-0.2, -0.15) is 0 Å². The highest BCUT2D eigenvalue weighted by Crippen LogP contribution is 2.26. The van der Waals surface area contributed by atoms with Crippen LogP contribution in [0.1, 0.15) is 28.1 Å². The molecule has 1 N–H and O–H groups in total. The molecule has 0 fully saturated rings. The van der Waals surface area contributed by atoms with E-state index >= 15 is 0 Å². The zero-order valence-corrected chi connectivity index (χ0v) is 14.8. The van der Waals surface area contributed by atoms with Crippen LogP contribution in [-0.4, -0.2) is 31.4 Å². The third-order valence-electron chi connectivity index (χ3n) is 4.15. The minimum atomic E-state index is -0.138. The number of amides is 1. The third kappa shape index (κ3) is 4.28. The van der Waals surface area contributed by atoms with E-state index in [9.17, 15) is 4.79 Å². The molecule has 25 heavy (non-hydrogen) atoms. The van der Waals surface area contributed by atoms with E-state index in [2.05, 4.69) is 17.4 Å². The summed E-state index contributed by atoms with van der Waals surface area (Å²) < 4.78 is 5.84. The molecule has 0 saturated heterocycles. The number of hydrogen-bond acceptors (Lipinski definition) is 3. The molecule has 3 rings (SSSR count). The lowest BCUT2D eigenvalue weighted by molar-refractivity contribution is 0.0925. The number of rotatable bonds is 7. The van der Waals surface area contributed by atoms with Crippen LogP contribution in [0, 0.1) is 0 Å². The number of benzene rings is 2. The highest BCUT2D eigenvalue weighted by molar-refractivity contribution is 5.99. The first-order valence-electron chi connectivity index (χ1n) is 8.62. The minimum absolute atomic E-state index is 0.138. The van der Waals surface area contributed by atoms with Crippen molar-refractivity contribution in [3.8, 4) is 0 Å². The van der Waals surface area contributed by atoms with E-state index < -0.39 is 0 Å². The summed E-state index contributed by atoms with van der Waals surface area (Å²) in [5.41, 5.74) is 2.99. The van der Waals surface area contributed by atoms with E-state index in [-0.39, 0.29) is 5.91 Å². The summed E-state index contributed by atoms with van der Waals surface area (Å²) in [7, 11) is 3.98. The van der Waals surface area contributed by atoms with Crippen molar-refractivity contribution in [1.82, 2.24) is 10.2 Å². The van der Waals surface area contributed by atoms with Gasteiger partial charge in [0.05, 0.1) is 0 Å². The number of furan rings is 1. The molecule has 0 saturated carbocycles. The highest BCUT2D eigenvalue weighted by atomic mass is 16.3. The summed E-state index contributed by atoms with van der Waals surface area (Å²) in [6, 6.07) is 18.1. The normalized spacial score (nSPS) is 11.2. The monoisotopic (exact) mass is 336 g/mol. The Morgan fingerprint density at radius 2 is 1.76 bits per heavy atom. The summed E-state index contributed by atoms with van der Waals surface area (Å²) in [5, 5.41) is 4.00. The summed E-state index contributed by atoms with van der Waals surface area (Å²) in [5.74, 6) is 0.288. The number of para-hydroxylation sites is 1. The molecule has 0 unspecified atom stereocenters. The lowest BCUT2D eigenvalue weighted by Gasteiger charge is -2.10. The van der Waals surface area contributed by atoms with Crippen molar-refractivity contribution in [3.63, 3.8) is 0 Å². The second kappa shape index (κ2) is 7.99. The van der Waals surface area contributed by atoms with E-state index in [0.29, 0.717) is 18.8 Å². The van der Waals surface area contributed by atoms with Gasteiger partial charge < -0.3 is 14.6 Å². The molecule has 0 spiro atoms. The van der Waals surface area contributed by atoms with E-state index in [1.165, 1.54) is 5.56 Å². The van der Waals surface area contributed by atoms with Crippen LogP contribution in [-0.2, 0) is 13.0 Å². The van der Waals surface area contributed by atoms with Crippen LogP contribution in [0.4, 0.5) is 0 Å². The Hall–Kier alpha value is -2.59. The largest absolute Gasteiger partial charge is 0.451 e. The minimum Gasteiger partial charge on any atom is -0.451 e. The number of nitrogens with one attached hydrogen (secondary N) is 1. The molecule has 0 aliphatic heterocycles. The lowest BCUT2D eigenvalue weighted by atomic mass is 10.1. The van der Waals surface area contributed by atoms with Crippen molar-refractivity contribution in [3.05, 3.63) is 71.5 Å². The first kappa shape index (κ1) is 17.2. The fourth-order valence-electron chi connectivity index (χ4n) is 2.97. The van der Waals surface area contributed by atoms with Crippen molar-refractivity contribution in [1.29, 1.82) is 0 Å². The van der Waals surface area contributed by atoms with Gasteiger partial charge in [-0.25, -0.2) is 0 Å². The van der Waals surface area contributed by atoms with Gasteiger partial charge in [0, 0.05) is 24.0 Å². The number of carbonyl (C=O) groups excluding carboxylic acids is 1. The topological polar surface area (TPSA) is 45.5 Å². The van der Waals surface area contributed by atoms with Gasteiger partial charge in [-0.15, -0.1) is 0 Å². The Bertz CT molecular complexity index is 837. The molecule has 0 aliphatic rings. The van der Waals surface area contributed by atoms with Crippen LogP contribution >= 0.6 is 0 Å². The molecule has 130 valence electrons. The smallest absolute Gasteiger partial charge is 0.287 e. The molecule has 0 atom stereocenters. The van der Waals surface area contributed by atoms with Crippen LogP contribution in [0.3, 0.4) is 0 Å². The number of fused-ring (bicyclic) bond motifs is 1. The number of carbonyl (C=O) groups is 1. The second-order valence-corrected chi connectivity index (χ2v) is 6.49. The van der Waals surface area contributed by atoms with Crippen molar-refractivity contribution in [2.45, 2.75) is 19.4 Å². The molecule has 1 amide bonds. The number of aryl methyl sites for hydroxylation is 1. The van der Waals surface area contributed by atoms with Crippen LogP contribution in [0.15, 0.2) is 59.0 Å².